The van der Waals surface area contributed by atoms with Gasteiger partial charge in [0, 0.05) is 12.6 Å². The molecule has 4 heteroatoms. The second-order valence-electron chi connectivity index (χ2n) is 4.50. The first kappa shape index (κ1) is 12.2. The minimum absolute atomic E-state index is 0.216. The summed E-state index contributed by atoms with van der Waals surface area (Å²) in [6.07, 6.45) is 2.04. The van der Waals surface area contributed by atoms with Crippen LogP contribution in [0.2, 0.25) is 0 Å². The van der Waals surface area contributed by atoms with E-state index in [9.17, 15) is 5.11 Å². The van der Waals surface area contributed by atoms with Gasteiger partial charge in [0.1, 0.15) is 17.1 Å². The molecular formula is C13H19NO3. The first-order valence-corrected chi connectivity index (χ1v) is 5.80. The van der Waals surface area contributed by atoms with E-state index in [1.54, 1.807) is 20.3 Å². The first-order chi connectivity index (χ1) is 8.13. The number of hydrogen-bond acceptors (Lipinski definition) is 4. The highest BCUT2D eigenvalue weighted by atomic mass is 16.5. The number of rotatable bonds is 5. The molecule has 0 spiro atoms. The van der Waals surface area contributed by atoms with E-state index in [2.05, 4.69) is 0 Å². The standard InChI is InChI=1S/C13H19NO3/c1-16-11-5-10(6-12(7-11)17-2)13(15,8-14)9-3-4-9/h5-7,9,15H,3-4,8,14H2,1-2H3. The molecule has 0 saturated heterocycles. The summed E-state index contributed by atoms with van der Waals surface area (Å²) in [7, 11) is 3.19. The zero-order valence-electron chi connectivity index (χ0n) is 10.3. The van der Waals surface area contributed by atoms with Gasteiger partial charge in [-0.2, -0.15) is 0 Å². The lowest BCUT2D eigenvalue weighted by molar-refractivity contribution is 0.0218. The zero-order valence-corrected chi connectivity index (χ0v) is 10.3. The van der Waals surface area contributed by atoms with Gasteiger partial charge in [0.25, 0.3) is 0 Å². The third kappa shape index (κ3) is 2.23. The highest BCUT2D eigenvalue weighted by Gasteiger charge is 2.44. The van der Waals surface area contributed by atoms with Crippen molar-refractivity contribution in [3.63, 3.8) is 0 Å². The molecule has 0 aliphatic heterocycles. The van der Waals surface area contributed by atoms with Gasteiger partial charge in [-0.1, -0.05) is 0 Å². The predicted molar refractivity (Wildman–Crippen MR) is 65.2 cm³/mol. The third-order valence-electron chi connectivity index (χ3n) is 3.42. The fourth-order valence-electron chi connectivity index (χ4n) is 2.14. The molecule has 4 nitrogen and oxygen atoms in total. The Labute approximate surface area is 101 Å². The van der Waals surface area contributed by atoms with Crippen LogP contribution in [-0.4, -0.2) is 25.9 Å². The average molecular weight is 237 g/mol. The molecule has 1 unspecified atom stereocenters. The normalized spacial score (nSPS) is 18.6. The maximum absolute atomic E-state index is 10.6. The Morgan fingerprint density at radius 1 is 1.24 bits per heavy atom. The van der Waals surface area contributed by atoms with Crippen LogP contribution in [0.4, 0.5) is 0 Å². The van der Waals surface area contributed by atoms with Crippen molar-refractivity contribution in [2.75, 3.05) is 20.8 Å². The Balaban J connectivity index is 2.41. The van der Waals surface area contributed by atoms with Crippen molar-refractivity contribution in [3.05, 3.63) is 23.8 Å². The van der Waals surface area contributed by atoms with Gasteiger partial charge in [0.15, 0.2) is 0 Å². The Morgan fingerprint density at radius 3 is 2.12 bits per heavy atom. The van der Waals surface area contributed by atoms with E-state index in [-0.39, 0.29) is 12.5 Å². The van der Waals surface area contributed by atoms with Crippen molar-refractivity contribution in [2.45, 2.75) is 18.4 Å². The topological polar surface area (TPSA) is 64.7 Å². The summed E-state index contributed by atoms with van der Waals surface area (Å²) >= 11 is 0. The Bertz CT molecular complexity index is 381. The van der Waals surface area contributed by atoms with Gasteiger partial charge in [0.2, 0.25) is 0 Å². The third-order valence-corrected chi connectivity index (χ3v) is 3.42. The van der Waals surface area contributed by atoms with Crippen molar-refractivity contribution in [1.29, 1.82) is 0 Å². The summed E-state index contributed by atoms with van der Waals surface area (Å²) in [5, 5.41) is 10.6. The van der Waals surface area contributed by atoms with Gasteiger partial charge in [-0.25, -0.2) is 0 Å². The molecule has 0 heterocycles. The second-order valence-corrected chi connectivity index (χ2v) is 4.50. The van der Waals surface area contributed by atoms with Gasteiger partial charge in [-0.3, -0.25) is 0 Å². The lowest BCUT2D eigenvalue weighted by atomic mass is 9.88. The molecule has 1 aromatic carbocycles. The van der Waals surface area contributed by atoms with Crippen LogP contribution >= 0.6 is 0 Å². The largest absolute Gasteiger partial charge is 0.497 e. The number of hydrogen-bond donors (Lipinski definition) is 2. The van der Waals surface area contributed by atoms with E-state index in [4.69, 9.17) is 15.2 Å². The lowest BCUT2D eigenvalue weighted by Crippen LogP contribution is -2.37. The van der Waals surface area contributed by atoms with Gasteiger partial charge in [-0.05, 0) is 36.5 Å². The molecule has 2 rings (SSSR count). The molecule has 1 atom stereocenters. The highest BCUT2D eigenvalue weighted by Crippen LogP contribution is 2.46. The quantitative estimate of drug-likeness (QED) is 0.809. The highest BCUT2D eigenvalue weighted by molar-refractivity contribution is 5.42. The Morgan fingerprint density at radius 2 is 1.76 bits per heavy atom. The van der Waals surface area contributed by atoms with Gasteiger partial charge in [0.05, 0.1) is 14.2 Å². The molecule has 94 valence electrons. The maximum atomic E-state index is 10.6. The maximum Gasteiger partial charge on any atom is 0.122 e. The fourth-order valence-corrected chi connectivity index (χ4v) is 2.14. The smallest absolute Gasteiger partial charge is 0.122 e. The summed E-state index contributed by atoms with van der Waals surface area (Å²) in [5.74, 6) is 1.60. The van der Waals surface area contributed by atoms with Crippen molar-refractivity contribution in [3.8, 4) is 11.5 Å². The summed E-state index contributed by atoms with van der Waals surface area (Å²) in [5.41, 5.74) is 5.55. The molecule has 0 radical (unpaired) electrons. The first-order valence-electron chi connectivity index (χ1n) is 5.80. The van der Waals surface area contributed by atoms with E-state index in [1.807, 2.05) is 12.1 Å². The monoisotopic (exact) mass is 237 g/mol. The van der Waals surface area contributed by atoms with Gasteiger partial charge >= 0.3 is 0 Å². The number of benzene rings is 1. The van der Waals surface area contributed by atoms with Crippen LogP contribution in [-0.2, 0) is 5.60 Å². The van der Waals surface area contributed by atoms with E-state index in [0.717, 1.165) is 18.4 Å². The van der Waals surface area contributed by atoms with Crippen LogP contribution in [0.25, 0.3) is 0 Å². The molecule has 17 heavy (non-hydrogen) atoms. The second kappa shape index (κ2) is 4.55. The molecular weight excluding hydrogens is 218 g/mol. The van der Waals surface area contributed by atoms with Crippen molar-refractivity contribution in [1.82, 2.24) is 0 Å². The molecule has 1 aliphatic carbocycles. The molecule has 1 aromatic rings. The molecule has 0 amide bonds. The van der Waals surface area contributed by atoms with Crippen LogP contribution in [0.5, 0.6) is 11.5 Å². The van der Waals surface area contributed by atoms with Crippen LogP contribution in [0.15, 0.2) is 18.2 Å². The van der Waals surface area contributed by atoms with Crippen molar-refractivity contribution >= 4 is 0 Å². The summed E-state index contributed by atoms with van der Waals surface area (Å²) in [6.45, 7) is 0.216. The lowest BCUT2D eigenvalue weighted by Gasteiger charge is -2.27. The van der Waals surface area contributed by atoms with Crippen LogP contribution in [0.1, 0.15) is 18.4 Å². The van der Waals surface area contributed by atoms with Crippen LogP contribution in [0, 0.1) is 5.92 Å². The van der Waals surface area contributed by atoms with E-state index in [0.29, 0.717) is 11.5 Å². The number of nitrogens with two attached hydrogens (primary N) is 1. The van der Waals surface area contributed by atoms with Crippen molar-refractivity contribution < 1.29 is 14.6 Å². The van der Waals surface area contributed by atoms with Crippen LogP contribution < -0.4 is 15.2 Å². The van der Waals surface area contributed by atoms with Gasteiger partial charge < -0.3 is 20.3 Å². The number of ether oxygens (including phenoxy) is 2. The van der Waals surface area contributed by atoms with E-state index >= 15 is 0 Å². The summed E-state index contributed by atoms with van der Waals surface area (Å²) in [6, 6.07) is 5.44. The minimum Gasteiger partial charge on any atom is -0.497 e. The molecule has 3 N–H and O–H groups in total. The van der Waals surface area contributed by atoms with Gasteiger partial charge in [-0.15, -0.1) is 0 Å². The Hall–Kier alpha value is -1.26. The summed E-state index contributed by atoms with van der Waals surface area (Å²) < 4.78 is 10.4. The van der Waals surface area contributed by atoms with E-state index < -0.39 is 5.60 Å². The fraction of sp³-hybridized carbons (Fsp3) is 0.538. The molecule has 0 bridgehead atoms. The molecule has 0 aromatic heterocycles. The predicted octanol–water partition coefficient (Wildman–Crippen LogP) is 1.26. The number of methoxy groups -OCH3 is 2. The SMILES string of the molecule is COc1cc(OC)cc(C(O)(CN)C2CC2)c1. The van der Waals surface area contributed by atoms with Crippen molar-refractivity contribution in [2.24, 2.45) is 11.7 Å². The summed E-state index contributed by atoms with van der Waals surface area (Å²) in [4.78, 5) is 0. The average Bonchev–Trinajstić information content (AvgIpc) is 3.21. The molecule has 1 aliphatic rings. The minimum atomic E-state index is -0.957. The molecule has 1 saturated carbocycles. The Kier molecular flexibility index (Phi) is 3.26. The zero-order chi connectivity index (χ0) is 12.5. The van der Waals surface area contributed by atoms with Crippen LogP contribution in [0.3, 0.4) is 0 Å². The van der Waals surface area contributed by atoms with E-state index in [1.165, 1.54) is 0 Å². The molecule has 1 fully saturated rings. The number of aliphatic hydroxyl groups is 1.